The lowest BCUT2D eigenvalue weighted by Gasteiger charge is -2.45. The van der Waals surface area contributed by atoms with Gasteiger partial charge in [0.2, 0.25) is 0 Å². The van der Waals surface area contributed by atoms with Gasteiger partial charge in [0.15, 0.2) is 5.72 Å². The molecule has 0 aliphatic carbocycles. The number of benzene rings is 2. The summed E-state index contributed by atoms with van der Waals surface area (Å²) in [5.41, 5.74) is 3.53. The molecule has 0 saturated carbocycles. The molecule has 2 heteroatoms. The fraction of sp³-hybridized carbons (Fsp3) is 0.250. The highest BCUT2D eigenvalue weighted by Gasteiger charge is 2.43. The summed E-state index contributed by atoms with van der Waals surface area (Å²) in [6.07, 6.45) is 1.99. The van der Waals surface area contributed by atoms with Gasteiger partial charge < -0.3 is 5.11 Å². The third-order valence-electron chi connectivity index (χ3n) is 4.16. The Labute approximate surface area is 106 Å². The van der Waals surface area contributed by atoms with Gasteiger partial charge in [-0.25, -0.2) is 0 Å². The fourth-order valence-electron chi connectivity index (χ4n) is 3.40. The van der Waals surface area contributed by atoms with Crippen LogP contribution in [0.15, 0.2) is 48.5 Å². The van der Waals surface area contributed by atoms with Gasteiger partial charge in [0.1, 0.15) is 0 Å². The monoisotopic (exact) mass is 237 g/mol. The van der Waals surface area contributed by atoms with E-state index in [9.17, 15) is 5.11 Å². The standard InChI is InChI=1S/C16H15NO/c18-16-14-7-3-1-5-11(14)9-13(17-16)10-12-6-2-4-8-15(12)16/h1-8,13,17-18H,9-10H2. The predicted molar refractivity (Wildman–Crippen MR) is 70.2 cm³/mol. The number of aliphatic hydroxyl groups is 1. The molecular formula is C16H15NO. The molecule has 2 aromatic carbocycles. The van der Waals surface area contributed by atoms with Crippen LogP contribution in [0.4, 0.5) is 0 Å². The van der Waals surface area contributed by atoms with Gasteiger partial charge in [0, 0.05) is 17.2 Å². The zero-order valence-corrected chi connectivity index (χ0v) is 10.1. The molecule has 0 spiro atoms. The Morgan fingerprint density at radius 2 is 1.39 bits per heavy atom. The molecule has 2 bridgehead atoms. The smallest absolute Gasteiger partial charge is 0.169 e. The van der Waals surface area contributed by atoms with E-state index in [0.29, 0.717) is 6.04 Å². The minimum absolute atomic E-state index is 0.333. The molecule has 2 N–H and O–H groups in total. The van der Waals surface area contributed by atoms with Crippen LogP contribution in [-0.4, -0.2) is 11.1 Å². The first kappa shape index (κ1) is 10.3. The SMILES string of the molecule is OC12NC(Cc3ccccc31)Cc1ccccc12. The van der Waals surface area contributed by atoms with Crippen LogP contribution in [-0.2, 0) is 18.6 Å². The Balaban J connectivity index is 2.02. The third kappa shape index (κ3) is 1.25. The minimum Gasteiger partial charge on any atom is -0.367 e. The van der Waals surface area contributed by atoms with E-state index < -0.39 is 5.72 Å². The Hall–Kier alpha value is -1.64. The average Bonchev–Trinajstić information content (AvgIpc) is 2.39. The van der Waals surface area contributed by atoms with Crippen molar-refractivity contribution in [1.29, 1.82) is 0 Å². The Morgan fingerprint density at radius 1 is 0.889 bits per heavy atom. The van der Waals surface area contributed by atoms with E-state index >= 15 is 0 Å². The molecule has 2 heterocycles. The zero-order valence-electron chi connectivity index (χ0n) is 10.1. The summed E-state index contributed by atoms with van der Waals surface area (Å²) in [4.78, 5) is 0. The van der Waals surface area contributed by atoms with Gasteiger partial charge in [-0.2, -0.15) is 0 Å². The van der Waals surface area contributed by atoms with Crippen molar-refractivity contribution in [2.24, 2.45) is 0 Å². The van der Waals surface area contributed by atoms with E-state index in [-0.39, 0.29) is 0 Å². The summed E-state index contributed by atoms with van der Waals surface area (Å²) >= 11 is 0. The second kappa shape index (κ2) is 3.44. The number of hydrogen-bond acceptors (Lipinski definition) is 2. The molecule has 2 aromatic rings. The summed E-state index contributed by atoms with van der Waals surface area (Å²) in [6, 6.07) is 16.7. The molecule has 2 nitrogen and oxygen atoms in total. The molecular weight excluding hydrogens is 222 g/mol. The molecule has 2 aliphatic rings. The van der Waals surface area contributed by atoms with Gasteiger partial charge in [0.25, 0.3) is 0 Å². The Bertz CT molecular complexity index is 570. The molecule has 2 aliphatic heterocycles. The van der Waals surface area contributed by atoms with Crippen LogP contribution in [0.1, 0.15) is 22.3 Å². The largest absolute Gasteiger partial charge is 0.367 e. The normalized spacial score (nSPS) is 28.4. The summed E-state index contributed by atoms with van der Waals surface area (Å²) in [5.74, 6) is 0. The second-order valence-electron chi connectivity index (χ2n) is 5.27. The van der Waals surface area contributed by atoms with E-state index in [1.807, 2.05) is 24.3 Å². The van der Waals surface area contributed by atoms with Crippen molar-refractivity contribution in [3.05, 3.63) is 70.8 Å². The van der Waals surface area contributed by atoms with Gasteiger partial charge in [0.05, 0.1) is 0 Å². The van der Waals surface area contributed by atoms with Crippen molar-refractivity contribution in [3.63, 3.8) is 0 Å². The van der Waals surface area contributed by atoms with Crippen molar-refractivity contribution in [1.82, 2.24) is 5.32 Å². The predicted octanol–water partition coefficient (Wildman–Crippen LogP) is 1.95. The zero-order chi connectivity index (χ0) is 12.2. The molecule has 0 aromatic heterocycles. The molecule has 0 unspecified atom stereocenters. The van der Waals surface area contributed by atoms with E-state index in [1.165, 1.54) is 11.1 Å². The lowest BCUT2D eigenvalue weighted by molar-refractivity contribution is 0.0120. The van der Waals surface area contributed by atoms with E-state index in [2.05, 4.69) is 29.6 Å². The van der Waals surface area contributed by atoms with E-state index in [4.69, 9.17) is 0 Å². The van der Waals surface area contributed by atoms with Crippen LogP contribution in [0.25, 0.3) is 0 Å². The van der Waals surface area contributed by atoms with Gasteiger partial charge in [-0.05, 0) is 24.0 Å². The van der Waals surface area contributed by atoms with E-state index in [0.717, 1.165) is 24.0 Å². The van der Waals surface area contributed by atoms with Gasteiger partial charge in [-0.15, -0.1) is 0 Å². The Morgan fingerprint density at radius 3 is 1.94 bits per heavy atom. The maximum absolute atomic E-state index is 11.1. The molecule has 0 saturated heterocycles. The third-order valence-corrected chi connectivity index (χ3v) is 4.16. The quantitative estimate of drug-likeness (QED) is 0.734. The molecule has 18 heavy (non-hydrogen) atoms. The number of rotatable bonds is 0. The summed E-state index contributed by atoms with van der Waals surface area (Å²) < 4.78 is 0. The van der Waals surface area contributed by atoms with Crippen LogP contribution < -0.4 is 5.32 Å². The maximum Gasteiger partial charge on any atom is 0.169 e. The summed E-state index contributed by atoms with van der Waals surface area (Å²) in [7, 11) is 0. The average molecular weight is 237 g/mol. The molecule has 0 atom stereocenters. The highest BCUT2D eigenvalue weighted by molar-refractivity contribution is 5.48. The highest BCUT2D eigenvalue weighted by atomic mass is 16.3. The van der Waals surface area contributed by atoms with Gasteiger partial charge in [-0.1, -0.05) is 48.5 Å². The lowest BCUT2D eigenvalue weighted by atomic mass is 9.76. The highest BCUT2D eigenvalue weighted by Crippen LogP contribution is 2.40. The van der Waals surface area contributed by atoms with Gasteiger partial charge >= 0.3 is 0 Å². The topological polar surface area (TPSA) is 32.3 Å². The lowest BCUT2D eigenvalue weighted by Crippen LogP contribution is -2.57. The summed E-state index contributed by atoms with van der Waals surface area (Å²) in [5, 5.41) is 14.5. The molecule has 4 rings (SSSR count). The van der Waals surface area contributed by atoms with Crippen LogP contribution in [0.5, 0.6) is 0 Å². The summed E-state index contributed by atoms with van der Waals surface area (Å²) in [6.45, 7) is 0. The first-order chi connectivity index (χ1) is 8.77. The van der Waals surface area contributed by atoms with Crippen LogP contribution in [0, 0.1) is 0 Å². The maximum atomic E-state index is 11.1. The Kier molecular flexibility index (Phi) is 1.97. The van der Waals surface area contributed by atoms with Crippen molar-refractivity contribution in [3.8, 4) is 0 Å². The molecule has 90 valence electrons. The van der Waals surface area contributed by atoms with Crippen molar-refractivity contribution < 1.29 is 5.11 Å². The minimum atomic E-state index is -1.01. The van der Waals surface area contributed by atoms with Crippen molar-refractivity contribution >= 4 is 0 Å². The van der Waals surface area contributed by atoms with Crippen molar-refractivity contribution in [2.75, 3.05) is 0 Å². The molecule has 0 amide bonds. The number of nitrogens with one attached hydrogen (secondary N) is 1. The number of hydrogen-bond donors (Lipinski definition) is 2. The fourth-order valence-corrected chi connectivity index (χ4v) is 3.40. The van der Waals surface area contributed by atoms with Gasteiger partial charge in [-0.3, -0.25) is 5.32 Å². The second-order valence-corrected chi connectivity index (χ2v) is 5.27. The van der Waals surface area contributed by atoms with E-state index in [1.54, 1.807) is 0 Å². The molecule has 0 fully saturated rings. The van der Waals surface area contributed by atoms with Crippen LogP contribution in [0.3, 0.4) is 0 Å². The molecule has 0 radical (unpaired) electrons. The first-order valence-corrected chi connectivity index (χ1v) is 6.44. The van der Waals surface area contributed by atoms with Crippen LogP contribution in [0.2, 0.25) is 0 Å². The van der Waals surface area contributed by atoms with Crippen molar-refractivity contribution in [2.45, 2.75) is 24.6 Å². The first-order valence-electron chi connectivity index (χ1n) is 6.44. The number of fused-ring (bicyclic) bond motifs is 6. The van der Waals surface area contributed by atoms with Crippen LogP contribution >= 0.6 is 0 Å².